The fraction of sp³-hybridized carbons (Fsp3) is 0.500. The molecule has 4 rings (SSSR count). The first-order valence-corrected chi connectivity index (χ1v) is 25.8. The second-order valence-corrected chi connectivity index (χ2v) is 19.2. The molecule has 3 atom stereocenters. The van der Waals surface area contributed by atoms with Gasteiger partial charge in [0.05, 0.1) is 43.6 Å². The summed E-state index contributed by atoms with van der Waals surface area (Å²) in [6.07, 6.45) is 7.05. The SMILES string of the molecule is CC[C@@H](NC(=O)[C@H](N)CC(=O)OC)C(=O)NCCCOCCCNC(=O)CCC(=O)NCCCn1cc(C(=O)NC[C@H](NS(=O)(=O)c2c(C)cc(C)cc2C)C(=O)OC)c(=O)c2ccc(CN=C3CC=CN3)cc21. The van der Waals surface area contributed by atoms with Gasteiger partial charge in [-0.3, -0.25) is 43.3 Å². The summed E-state index contributed by atoms with van der Waals surface area (Å²) >= 11 is 0. The number of rotatable bonds is 30. The van der Waals surface area contributed by atoms with Gasteiger partial charge in [-0.2, -0.15) is 4.72 Å². The number of amidine groups is 1. The second-order valence-electron chi connectivity index (χ2n) is 17.6. The number of carbonyl (C=O) groups excluding carboxylic acids is 7. The Hall–Kier alpha value is -7.02. The lowest BCUT2D eigenvalue weighted by molar-refractivity contribution is -0.143. The number of methoxy groups -OCH3 is 2. The number of pyridine rings is 1. The predicted molar refractivity (Wildman–Crippen MR) is 275 cm³/mol. The van der Waals surface area contributed by atoms with Gasteiger partial charge in [0.1, 0.15) is 23.5 Å². The maximum absolute atomic E-state index is 13.9. The molecule has 0 radical (unpaired) electrons. The van der Waals surface area contributed by atoms with Gasteiger partial charge in [0.15, 0.2) is 0 Å². The Bertz CT molecular complexity index is 2710. The maximum Gasteiger partial charge on any atom is 0.325 e. The van der Waals surface area contributed by atoms with Crippen LogP contribution in [0, 0.1) is 20.8 Å². The Labute approximate surface area is 430 Å². The molecular formula is C50H70N10O13S. The predicted octanol–water partition coefficient (Wildman–Crippen LogP) is 0.683. The zero-order valence-corrected chi connectivity index (χ0v) is 43.7. The number of nitrogens with two attached hydrogens (primary N) is 1. The molecule has 1 aliphatic rings. The van der Waals surface area contributed by atoms with Crippen LogP contribution in [0.2, 0.25) is 0 Å². The number of esters is 2. The highest BCUT2D eigenvalue weighted by Gasteiger charge is 2.30. The van der Waals surface area contributed by atoms with E-state index in [1.807, 2.05) is 13.0 Å². The van der Waals surface area contributed by atoms with Crippen LogP contribution >= 0.6 is 0 Å². The van der Waals surface area contributed by atoms with E-state index in [0.29, 0.717) is 81.6 Å². The summed E-state index contributed by atoms with van der Waals surface area (Å²) in [6.45, 7) is 8.35. The number of ether oxygens (including phenoxy) is 3. The average molecular weight is 1050 g/mol. The van der Waals surface area contributed by atoms with Crippen molar-refractivity contribution in [1.29, 1.82) is 0 Å². The molecule has 74 heavy (non-hydrogen) atoms. The summed E-state index contributed by atoms with van der Waals surface area (Å²) in [7, 11) is -2.00. The summed E-state index contributed by atoms with van der Waals surface area (Å²) in [5.41, 5.74) is 7.94. The number of aliphatic imine (C=N–C) groups is 1. The lowest BCUT2D eigenvalue weighted by Gasteiger charge is -2.20. The number of aromatic nitrogens is 1. The van der Waals surface area contributed by atoms with Gasteiger partial charge in [-0.05, 0) is 81.5 Å². The number of hydrogen-bond acceptors (Lipinski definition) is 15. The molecule has 404 valence electrons. The van der Waals surface area contributed by atoms with E-state index in [9.17, 15) is 46.8 Å². The molecule has 3 aromatic rings. The van der Waals surface area contributed by atoms with Crippen molar-refractivity contribution >= 4 is 68.2 Å². The van der Waals surface area contributed by atoms with Crippen molar-refractivity contribution in [2.45, 2.75) is 115 Å². The molecule has 0 aliphatic carbocycles. The molecule has 2 aromatic carbocycles. The minimum absolute atomic E-state index is 0.00766. The smallest absolute Gasteiger partial charge is 0.325 e. The molecular weight excluding hydrogens is 981 g/mol. The van der Waals surface area contributed by atoms with Gasteiger partial charge in [-0.1, -0.05) is 36.8 Å². The van der Waals surface area contributed by atoms with E-state index in [-0.39, 0.29) is 60.0 Å². The van der Waals surface area contributed by atoms with Gasteiger partial charge in [0.2, 0.25) is 39.1 Å². The Morgan fingerprint density at radius 3 is 2.09 bits per heavy atom. The van der Waals surface area contributed by atoms with E-state index in [0.717, 1.165) is 24.1 Å². The summed E-state index contributed by atoms with van der Waals surface area (Å²) in [5, 5.41) is 16.7. The van der Waals surface area contributed by atoms with Crippen molar-refractivity contribution in [3.8, 4) is 0 Å². The number of carbonyl (C=O) groups is 7. The molecule has 0 saturated carbocycles. The van der Waals surface area contributed by atoms with Crippen molar-refractivity contribution in [2.75, 3.05) is 53.6 Å². The van der Waals surface area contributed by atoms with E-state index in [2.05, 4.69) is 46.4 Å². The summed E-state index contributed by atoms with van der Waals surface area (Å²) in [6, 6.07) is 5.05. The van der Waals surface area contributed by atoms with Crippen LogP contribution in [-0.4, -0.2) is 132 Å². The Morgan fingerprint density at radius 2 is 1.49 bits per heavy atom. The number of benzene rings is 2. The lowest BCUT2D eigenvalue weighted by atomic mass is 10.1. The second kappa shape index (κ2) is 29.6. The first-order valence-electron chi connectivity index (χ1n) is 24.4. The largest absolute Gasteiger partial charge is 0.469 e. The van der Waals surface area contributed by atoms with Crippen molar-refractivity contribution in [3.63, 3.8) is 0 Å². The normalized spacial score (nSPS) is 13.9. The molecule has 24 heteroatoms. The van der Waals surface area contributed by atoms with Gasteiger partial charge < -0.3 is 56.4 Å². The van der Waals surface area contributed by atoms with Crippen LogP contribution in [0.1, 0.15) is 90.9 Å². The van der Waals surface area contributed by atoms with Crippen molar-refractivity contribution in [1.82, 2.24) is 41.2 Å². The number of nitrogens with one attached hydrogen (secondary N) is 7. The number of amides is 5. The molecule has 0 spiro atoms. The van der Waals surface area contributed by atoms with E-state index < -0.39 is 69.8 Å². The first kappa shape index (κ1) is 59.5. The molecule has 0 unspecified atom stereocenters. The van der Waals surface area contributed by atoms with Gasteiger partial charge in [0.25, 0.3) is 5.91 Å². The van der Waals surface area contributed by atoms with Crippen LogP contribution < -0.4 is 47.8 Å². The molecule has 0 bridgehead atoms. The van der Waals surface area contributed by atoms with E-state index in [1.165, 1.54) is 13.3 Å². The number of sulfonamides is 1. The van der Waals surface area contributed by atoms with Crippen LogP contribution in [0.15, 0.2) is 63.5 Å². The molecule has 0 saturated heterocycles. The van der Waals surface area contributed by atoms with E-state index >= 15 is 0 Å². The molecule has 0 fully saturated rings. The first-order chi connectivity index (χ1) is 35.3. The third kappa shape index (κ3) is 18.5. The highest BCUT2D eigenvalue weighted by molar-refractivity contribution is 7.89. The van der Waals surface area contributed by atoms with Crippen LogP contribution in [0.25, 0.3) is 10.9 Å². The highest BCUT2D eigenvalue weighted by Crippen LogP contribution is 2.22. The van der Waals surface area contributed by atoms with Crippen molar-refractivity contribution in [2.24, 2.45) is 10.7 Å². The molecule has 2 heterocycles. The van der Waals surface area contributed by atoms with Crippen LogP contribution in [0.4, 0.5) is 0 Å². The summed E-state index contributed by atoms with van der Waals surface area (Å²) in [4.78, 5) is 106. The Balaban J connectivity index is 1.25. The minimum atomic E-state index is -4.27. The van der Waals surface area contributed by atoms with Crippen LogP contribution in [0.3, 0.4) is 0 Å². The molecule has 9 N–H and O–H groups in total. The number of aryl methyl sites for hydroxylation is 4. The zero-order chi connectivity index (χ0) is 54.4. The fourth-order valence-corrected chi connectivity index (χ4v) is 9.52. The standard InChI is InChI=1S/C50H70N10O13S/c1-7-38(58-48(66)37(51)27-44(63)71-5)49(67)55-20-11-23-73-22-10-19-54-43(62)16-15-42(61)53-18-9-21-60-30-36(45(64)35-14-13-34(26-40(35)60)28-56-41-12-8-17-52-41)47(65)57-29-39(50(68)72-6)59-74(69,70)46-32(3)24-31(2)25-33(46)4/h8,13-14,17,24-26,30,37-39,59H,7,9-12,15-16,18-23,27-29,51H2,1-6H3,(H,52,56)(H,53,61)(H,54,62)(H,55,67)(H,57,65)(H,58,66)/t37-,38-,39+/m1/s1. The van der Waals surface area contributed by atoms with Gasteiger partial charge in [0, 0.05) is 76.8 Å². The van der Waals surface area contributed by atoms with Crippen molar-refractivity contribution < 1.29 is 56.2 Å². The number of hydrogen-bond donors (Lipinski definition) is 8. The average Bonchev–Trinajstić information content (AvgIpc) is 3.89. The lowest BCUT2D eigenvalue weighted by Crippen LogP contribution is -2.52. The zero-order valence-electron chi connectivity index (χ0n) is 42.9. The van der Waals surface area contributed by atoms with Gasteiger partial charge >= 0.3 is 11.9 Å². The van der Waals surface area contributed by atoms with Gasteiger partial charge in [-0.25, -0.2) is 8.42 Å². The molecule has 1 aromatic heterocycles. The maximum atomic E-state index is 13.9. The van der Waals surface area contributed by atoms with Crippen molar-refractivity contribution in [3.05, 3.63) is 86.8 Å². The minimum Gasteiger partial charge on any atom is -0.469 e. The summed E-state index contributed by atoms with van der Waals surface area (Å²) in [5.74, 6) is -3.36. The molecule has 23 nitrogen and oxygen atoms in total. The van der Waals surface area contributed by atoms with Crippen LogP contribution in [0.5, 0.6) is 0 Å². The Kier molecular flexibility index (Phi) is 23.8. The quantitative estimate of drug-likeness (QED) is 0.0336. The van der Waals surface area contributed by atoms with E-state index in [1.54, 1.807) is 61.9 Å². The number of nitrogens with zero attached hydrogens (tertiary/aromatic N) is 2. The fourth-order valence-electron chi connectivity index (χ4n) is 7.89. The third-order valence-electron chi connectivity index (χ3n) is 11.7. The monoisotopic (exact) mass is 1050 g/mol. The van der Waals surface area contributed by atoms with E-state index in [4.69, 9.17) is 15.2 Å². The topological polar surface area (TPSA) is 326 Å². The van der Waals surface area contributed by atoms with Gasteiger partial charge in [-0.15, -0.1) is 0 Å². The molecule has 5 amide bonds. The van der Waals surface area contributed by atoms with Crippen LogP contribution in [-0.2, 0) is 66.1 Å². The summed E-state index contributed by atoms with van der Waals surface area (Å²) < 4.78 is 46.1. The number of fused-ring (bicyclic) bond motifs is 1. The Morgan fingerprint density at radius 1 is 0.838 bits per heavy atom. The highest BCUT2D eigenvalue weighted by atomic mass is 32.2. The molecule has 1 aliphatic heterocycles. The third-order valence-corrected chi connectivity index (χ3v) is 13.4.